The molecule has 2 aliphatic rings. The molecule has 0 bridgehead atoms. The van der Waals surface area contributed by atoms with Crippen LogP contribution in [0.3, 0.4) is 0 Å². The van der Waals surface area contributed by atoms with Gasteiger partial charge < -0.3 is 21.3 Å². The van der Waals surface area contributed by atoms with Crippen LogP contribution in [0.25, 0.3) is 0 Å². The Morgan fingerprint density at radius 3 is 1.00 bits per heavy atom. The first-order chi connectivity index (χ1) is 16.1. The van der Waals surface area contributed by atoms with Gasteiger partial charge in [-0.15, -0.1) is 0 Å². The fraction of sp³-hybridized carbons (Fsp3) is 0.0769. The van der Waals surface area contributed by atoms with Gasteiger partial charge in [-0.3, -0.25) is 11.5 Å². The van der Waals surface area contributed by atoms with Gasteiger partial charge in [0.25, 0.3) is 8.07 Å². The summed E-state index contributed by atoms with van der Waals surface area (Å²) in [7, 11) is -3.21. The molecule has 4 aromatic rings. The highest BCUT2D eigenvalue weighted by Gasteiger charge is 2.69. The van der Waals surface area contributed by atoms with Crippen molar-refractivity contribution >= 4 is 41.2 Å². The summed E-state index contributed by atoms with van der Waals surface area (Å²) in [4.78, 5) is 0. The molecule has 0 saturated heterocycles. The van der Waals surface area contributed by atoms with Crippen LogP contribution < -0.4 is 43.1 Å². The van der Waals surface area contributed by atoms with Crippen molar-refractivity contribution in [1.29, 1.82) is 0 Å². The SMILES string of the molecule is NC1([Si](c2ccccc2)(c2ccccc2)C2(N)Nc3ccccc3N2)Nc2ccccc2N1. The van der Waals surface area contributed by atoms with E-state index >= 15 is 0 Å². The van der Waals surface area contributed by atoms with E-state index in [-0.39, 0.29) is 0 Å². The van der Waals surface area contributed by atoms with Crippen LogP contribution >= 0.6 is 0 Å². The Morgan fingerprint density at radius 2 is 0.697 bits per heavy atom. The molecule has 0 aromatic heterocycles. The van der Waals surface area contributed by atoms with Gasteiger partial charge in [0.15, 0.2) is 10.8 Å². The second-order valence-electron chi connectivity index (χ2n) is 8.69. The van der Waals surface area contributed by atoms with E-state index in [0.717, 1.165) is 33.1 Å². The van der Waals surface area contributed by atoms with Gasteiger partial charge in [0.05, 0.1) is 22.7 Å². The number of para-hydroxylation sites is 4. The molecule has 0 amide bonds. The molecule has 0 fully saturated rings. The maximum atomic E-state index is 7.43. The second kappa shape index (κ2) is 7.11. The van der Waals surface area contributed by atoms with Gasteiger partial charge in [-0.25, -0.2) is 0 Å². The summed E-state index contributed by atoms with van der Waals surface area (Å²) >= 11 is 0. The van der Waals surface area contributed by atoms with Crippen molar-refractivity contribution in [3.05, 3.63) is 109 Å². The van der Waals surface area contributed by atoms with Crippen molar-refractivity contribution < 1.29 is 0 Å². The molecule has 164 valence electrons. The molecule has 2 heterocycles. The Balaban J connectivity index is 1.66. The standard InChI is InChI=1S/C26H26N6Si/c27-25(29-21-15-7-8-16-22(21)30-25)33(19-11-3-1-4-12-19,20-13-5-2-6-14-20)26(28)31-23-17-9-10-18-24(23)32-26/h1-18,29-32H,27-28H2. The Labute approximate surface area is 194 Å². The minimum atomic E-state index is -3.21. The fourth-order valence-corrected chi connectivity index (χ4v) is 10.9. The molecule has 6 nitrogen and oxygen atoms in total. The van der Waals surface area contributed by atoms with E-state index in [4.69, 9.17) is 11.5 Å². The number of fused-ring (bicyclic) bond motifs is 2. The summed E-state index contributed by atoms with van der Waals surface area (Å²) in [6, 6.07) is 37.0. The van der Waals surface area contributed by atoms with E-state index in [0.29, 0.717) is 0 Å². The Morgan fingerprint density at radius 1 is 0.424 bits per heavy atom. The monoisotopic (exact) mass is 450 g/mol. The highest BCUT2D eigenvalue weighted by molar-refractivity contribution is 7.07. The zero-order chi connectivity index (χ0) is 22.5. The van der Waals surface area contributed by atoms with Crippen LogP contribution in [0.2, 0.25) is 0 Å². The Kier molecular flexibility index (Phi) is 4.28. The molecule has 0 radical (unpaired) electrons. The summed E-state index contributed by atoms with van der Waals surface area (Å²) in [6.07, 6.45) is 0. The van der Waals surface area contributed by atoms with Gasteiger partial charge in [-0.1, -0.05) is 84.9 Å². The highest BCUT2D eigenvalue weighted by atomic mass is 28.3. The molecule has 0 spiro atoms. The molecule has 7 heteroatoms. The molecule has 0 atom stereocenters. The van der Waals surface area contributed by atoms with Crippen LogP contribution in [0.15, 0.2) is 109 Å². The number of rotatable bonds is 4. The zero-order valence-electron chi connectivity index (χ0n) is 18.0. The van der Waals surface area contributed by atoms with Crippen molar-refractivity contribution in [3.63, 3.8) is 0 Å². The van der Waals surface area contributed by atoms with Crippen molar-refractivity contribution in [1.82, 2.24) is 0 Å². The van der Waals surface area contributed by atoms with Gasteiger partial charge in [0.1, 0.15) is 0 Å². The van der Waals surface area contributed by atoms with Gasteiger partial charge in [-0.2, -0.15) is 0 Å². The molecule has 0 unspecified atom stereocenters. The Hall–Kier alpha value is -3.78. The summed E-state index contributed by atoms with van der Waals surface area (Å²) < 4.78 is 0. The zero-order valence-corrected chi connectivity index (χ0v) is 19.0. The highest BCUT2D eigenvalue weighted by Crippen LogP contribution is 2.42. The largest absolute Gasteiger partial charge is 0.352 e. The molecule has 4 aromatic carbocycles. The summed E-state index contributed by atoms with van der Waals surface area (Å²) in [6.45, 7) is 0. The van der Waals surface area contributed by atoms with Crippen molar-refractivity contribution in [2.75, 3.05) is 21.3 Å². The molecule has 6 rings (SSSR count). The van der Waals surface area contributed by atoms with Crippen molar-refractivity contribution in [2.45, 2.75) is 10.8 Å². The number of anilines is 4. The summed E-state index contributed by atoms with van der Waals surface area (Å²) in [5.74, 6) is 0. The molecule has 2 aliphatic heterocycles. The lowest BCUT2D eigenvalue weighted by Gasteiger charge is -2.53. The van der Waals surface area contributed by atoms with Crippen molar-refractivity contribution in [2.24, 2.45) is 11.5 Å². The number of hydrogen-bond donors (Lipinski definition) is 6. The van der Waals surface area contributed by atoms with E-state index < -0.39 is 18.9 Å². The van der Waals surface area contributed by atoms with E-state index in [1.807, 2.05) is 60.7 Å². The number of benzene rings is 4. The smallest absolute Gasteiger partial charge is 0.258 e. The van der Waals surface area contributed by atoms with Crippen LogP contribution in [0, 0.1) is 0 Å². The topological polar surface area (TPSA) is 100 Å². The lowest BCUT2D eigenvalue weighted by atomic mass is 10.3. The number of hydrogen-bond acceptors (Lipinski definition) is 6. The van der Waals surface area contributed by atoms with Gasteiger partial charge in [-0.05, 0) is 34.6 Å². The quantitative estimate of drug-likeness (QED) is 0.267. The predicted octanol–water partition coefficient (Wildman–Crippen LogP) is 2.63. The maximum Gasteiger partial charge on any atom is 0.258 e. The van der Waals surface area contributed by atoms with E-state index in [1.165, 1.54) is 0 Å². The van der Waals surface area contributed by atoms with Crippen LogP contribution in [0.5, 0.6) is 0 Å². The minimum Gasteiger partial charge on any atom is -0.352 e. The first kappa shape index (κ1) is 19.9. The second-order valence-corrected chi connectivity index (χ2v) is 12.9. The molecule has 8 N–H and O–H groups in total. The molecule has 0 aliphatic carbocycles. The third-order valence-corrected chi connectivity index (χ3v) is 12.0. The van der Waals surface area contributed by atoms with Gasteiger partial charge >= 0.3 is 0 Å². The van der Waals surface area contributed by atoms with Crippen LogP contribution in [-0.4, -0.2) is 18.9 Å². The summed E-state index contributed by atoms with van der Waals surface area (Å²) in [5.41, 5.74) is 16.6. The fourth-order valence-electron chi connectivity index (χ4n) is 5.45. The molecular formula is C26H26N6Si. The average Bonchev–Trinajstić information content (AvgIpc) is 3.37. The Bertz CT molecular complexity index is 1160. The first-order valence-electron chi connectivity index (χ1n) is 11.1. The third-order valence-electron chi connectivity index (χ3n) is 6.78. The van der Waals surface area contributed by atoms with Gasteiger partial charge in [0.2, 0.25) is 0 Å². The van der Waals surface area contributed by atoms with E-state index in [1.54, 1.807) is 0 Å². The minimum absolute atomic E-state index is 0.961. The average molecular weight is 451 g/mol. The van der Waals surface area contributed by atoms with Crippen LogP contribution in [0.4, 0.5) is 22.7 Å². The van der Waals surface area contributed by atoms with Crippen LogP contribution in [-0.2, 0) is 0 Å². The lowest BCUT2D eigenvalue weighted by Crippen LogP contribution is -2.95. The first-order valence-corrected chi connectivity index (χ1v) is 13.1. The lowest BCUT2D eigenvalue weighted by molar-refractivity contribution is 0.678. The number of nitrogens with two attached hydrogens (primary N) is 2. The third kappa shape index (κ3) is 2.73. The predicted molar refractivity (Wildman–Crippen MR) is 139 cm³/mol. The van der Waals surface area contributed by atoms with E-state index in [9.17, 15) is 0 Å². The molecule has 33 heavy (non-hydrogen) atoms. The normalized spacial score (nSPS) is 17.0. The number of nitrogens with one attached hydrogen (secondary N) is 4. The van der Waals surface area contributed by atoms with Crippen molar-refractivity contribution in [3.8, 4) is 0 Å². The summed E-state index contributed by atoms with van der Waals surface area (Å²) in [5, 5.41) is 16.8. The maximum absolute atomic E-state index is 7.43. The molecule has 0 saturated carbocycles. The molecular weight excluding hydrogens is 424 g/mol. The van der Waals surface area contributed by atoms with Gasteiger partial charge in [0, 0.05) is 0 Å². The van der Waals surface area contributed by atoms with E-state index in [2.05, 4.69) is 69.8 Å². The van der Waals surface area contributed by atoms with Crippen LogP contribution in [0.1, 0.15) is 0 Å².